The van der Waals surface area contributed by atoms with Crippen LogP contribution in [0.25, 0.3) is 0 Å². The second-order valence-electron chi connectivity index (χ2n) is 5.77. The molecule has 0 aromatic rings. The molecule has 0 saturated carbocycles. The molecule has 15 heavy (non-hydrogen) atoms. The number of aliphatic hydroxyl groups excluding tert-OH is 1. The zero-order valence-corrected chi connectivity index (χ0v) is 11.1. The Labute approximate surface area is 93.1 Å². The van der Waals surface area contributed by atoms with Crippen molar-refractivity contribution in [3.63, 3.8) is 0 Å². The first-order valence-corrected chi connectivity index (χ1v) is 6.75. The highest BCUT2D eigenvalue weighted by atomic mass is 32.2. The van der Waals surface area contributed by atoms with Crippen molar-refractivity contribution in [2.75, 3.05) is 12.4 Å². The number of rotatable bonds is 5. The molecule has 0 atom stereocenters. The topological polar surface area (TPSA) is 66.4 Å². The number of aliphatic hydroxyl groups is 1. The molecular formula is C10H23NO3S. The van der Waals surface area contributed by atoms with E-state index in [9.17, 15) is 8.42 Å². The molecule has 0 bridgehead atoms. The molecule has 0 radical (unpaired) electrons. The fourth-order valence-electron chi connectivity index (χ4n) is 0.945. The lowest BCUT2D eigenvalue weighted by molar-refractivity contribution is 0.208. The Hall–Kier alpha value is -0.130. The van der Waals surface area contributed by atoms with Crippen LogP contribution in [0, 0.1) is 5.41 Å². The second kappa shape index (κ2) is 4.80. The van der Waals surface area contributed by atoms with E-state index in [0.29, 0.717) is 6.42 Å². The summed E-state index contributed by atoms with van der Waals surface area (Å²) in [5.74, 6) is 0.0972. The van der Waals surface area contributed by atoms with Crippen LogP contribution < -0.4 is 4.72 Å². The molecule has 0 amide bonds. The Morgan fingerprint density at radius 2 is 1.60 bits per heavy atom. The van der Waals surface area contributed by atoms with Gasteiger partial charge in [-0.2, -0.15) is 0 Å². The Bertz CT molecular complexity index is 288. The van der Waals surface area contributed by atoms with Crippen molar-refractivity contribution in [3.05, 3.63) is 0 Å². The van der Waals surface area contributed by atoms with E-state index >= 15 is 0 Å². The summed E-state index contributed by atoms with van der Waals surface area (Å²) >= 11 is 0. The molecule has 5 heteroatoms. The fraction of sp³-hybridized carbons (Fsp3) is 1.00. The van der Waals surface area contributed by atoms with Crippen LogP contribution in [0.5, 0.6) is 0 Å². The number of sulfonamides is 1. The molecular weight excluding hydrogens is 214 g/mol. The molecule has 92 valence electrons. The van der Waals surface area contributed by atoms with E-state index in [-0.39, 0.29) is 17.8 Å². The van der Waals surface area contributed by atoms with Gasteiger partial charge in [-0.15, -0.1) is 0 Å². The van der Waals surface area contributed by atoms with Crippen molar-refractivity contribution in [2.24, 2.45) is 5.41 Å². The van der Waals surface area contributed by atoms with Crippen LogP contribution in [-0.2, 0) is 10.0 Å². The van der Waals surface area contributed by atoms with E-state index in [1.54, 1.807) is 13.8 Å². The third-order valence-electron chi connectivity index (χ3n) is 1.95. The Morgan fingerprint density at radius 1 is 1.13 bits per heavy atom. The first-order chi connectivity index (χ1) is 6.47. The maximum absolute atomic E-state index is 11.6. The van der Waals surface area contributed by atoms with Crippen LogP contribution in [-0.4, -0.2) is 31.4 Å². The summed E-state index contributed by atoms with van der Waals surface area (Å²) in [5, 5.41) is 8.96. The monoisotopic (exact) mass is 237 g/mol. The van der Waals surface area contributed by atoms with E-state index in [0.717, 1.165) is 0 Å². The zero-order valence-electron chi connectivity index (χ0n) is 10.3. The second-order valence-corrected chi connectivity index (χ2v) is 7.62. The summed E-state index contributed by atoms with van der Waals surface area (Å²) in [7, 11) is -3.29. The van der Waals surface area contributed by atoms with Crippen LogP contribution in [0.15, 0.2) is 0 Å². The maximum Gasteiger partial charge on any atom is 0.212 e. The molecule has 0 saturated heterocycles. The van der Waals surface area contributed by atoms with Crippen molar-refractivity contribution >= 4 is 10.0 Å². The Kier molecular flexibility index (Phi) is 4.76. The quantitative estimate of drug-likeness (QED) is 0.753. The standard InChI is InChI=1S/C10H23NO3S/c1-9(2,3)6-7-15(13,14)11-10(4,5)8-12/h11-12H,6-8H2,1-5H3. The minimum Gasteiger partial charge on any atom is -0.394 e. The van der Waals surface area contributed by atoms with Crippen molar-refractivity contribution in [1.29, 1.82) is 0 Å². The highest BCUT2D eigenvalue weighted by Gasteiger charge is 2.25. The highest BCUT2D eigenvalue weighted by molar-refractivity contribution is 7.89. The predicted octanol–water partition coefficient (Wildman–Crippen LogP) is 1.11. The Morgan fingerprint density at radius 3 is 1.93 bits per heavy atom. The molecule has 4 nitrogen and oxygen atoms in total. The van der Waals surface area contributed by atoms with E-state index < -0.39 is 15.6 Å². The molecule has 0 aliphatic rings. The van der Waals surface area contributed by atoms with Gasteiger partial charge in [0.1, 0.15) is 0 Å². The normalized spacial score (nSPS) is 14.3. The third kappa shape index (κ3) is 7.76. The van der Waals surface area contributed by atoms with Gasteiger partial charge < -0.3 is 5.11 Å². The molecule has 0 heterocycles. The van der Waals surface area contributed by atoms with Crippen molar-refractivity contribution in [1.82, 2.24) is 4.72 Å². The van der Waals surface area contributed by atoms with Gasteiger partial charge in [-0.1, -0.05) is 20.8 Å². The first-order valence-electron chi connectivity index (χ1n) is 5.10. The number of hydrogen-bond donors (Lipinski definition) is 2. The van der Waals surface area contributed by atoms with Gasteiger partial charge in [0.25, 0.3) is 0 Å². The first kappa shape index (κ1) is 14.9. The molecule has 0 rings (SSSR count). The third-order valence-corrected chi connectivity index (χ3v) is 3.55. The molecule has 0 aromatic carbocycles. The molecule has 2 N–H and O–H groups in total. The van der Waals surface area contributed by atoms with Gasteiger partial charge in [0.2, 0.25) is 10.0 Å². The lowest BCUT2D eigenvalue weighted by Crippen LogP contribution is -2.47. The fourth-order valence-corrected chi connectivity index (χ4v) is 2.83. The molecule has 0 aliphatic carbocycles. The van der Waals surface area contributed by atoms with E-state index in [2.05, 4.69) is 4.72 Å². The molecule has 0 aliphatic heterocycles. The average Bonchev–Trinajstić information content (AvgIpc) is 1.98. The number of hydrogen-bond acceptors (Lipinski definition) is 3. The lowest BCUT2D eigenvalue weighted by atomic mass is 9.94. The minimum atomic E-state index is -3.29. The van der Waals surface area contributed by atoms with E-state index in [1.165, 1.54) is 0 Å². The van der Waals surface area contributed by atoms with Gasteiger partial charge in [0, 0.05) is 0 Å². The van der Waals surface area contributed by atoms with Gasteiger partial charge >= 0.3 is 0 Å². The summed E-state index contributed by atoms with van der Waals surface area (Å²) in [4.78, 5) is 0. The summed E-state index contributed by atoms with van der Waals surface area (Å²) < 4.78 is 25.7. The van der Waals surface area contributed by atoms with E-state index in [1.807, 2.05) is 20.8 Å². The van der Waals surface area contributed by atoms with Gasteiger partial charge in [-0.25, -0.2) is 13.1 Å². The van der Waals surface area contributed by atoms with Crippen molar-refractivity contribution in [2.45, 2.75) is 46.6 Å². The maximum atomic E-state index is 11.6. The molecule has 0 aromatic heterocycles. The molecule has 0 spiro atoms. The minimum absolute atomic E-state index is 0.00188. The van der Waals surface area contributed by atoms with Gasteiger partial charge in [-0.05, 0) is 25.7 Å². The summed E-state index contributed by atoms with van der Waals surface area (Å²) in [6, 6.07) is 0. The molecule has 0 fully saturated rings. The van der Waals surface area contributed by atoms with Crippen LogP contribution in [0.3, 0.4) is 0 Å². The average molecular weight is 237 g/mol. The zero-order chi connectivity index (χ0) is 12.3. The lowest BCUT2D eigenvalue weighted by Gasteiger charge is -2.24. The van der Waals surface area contributed by atoms with Crippen molar-refractivity contribution in [3.8, 4) is 0 Å². The van der Waals surface area contributed by atoms with Gasteiger partial charge in [0.15, 0.2) is 0 Å². The van der Waals surface area contributed by atoms with Gasteiger partial charge in [0.05, 0.1) is 17.9 Å². The Balaban J connectivity index is 4.34. The van der Waals surface area contributed by atoms with Crippen LogP contribution in [0.2, 0.25) is 0 Å². The van der Waals surface area contributed by atoms with Crippen molar-refractivity contribution < 1.29 is 13.5 Å². The van der Waals surface area contributed by atoms with E-state index in [4.69, 9.17) is 5.11 Å². The summed E-state index contributed by atoms with van der Waals surface area (Å²) in [5.41, 5.74) is -0.783. The van der Waals surface area contributed by atoms with Gasteiger partial charge in [-0.3, -0.25) is 0 Å². The van der Waals surface area contributed by atoms with Crippen LogP contribution in [0.1, 0.15) is 41.0 Å². The SMILES string of the molecule is CC(C)(C)CCS(=O)(=O)NC(C)(C)CO. The largest absolute Gasteiger partial charge is 0.394 e. The highest BCUT2D eigenvalue weighted by Crippen LogP contribution is 2.19. The van der Waals surface area contributed by atoms with Crippen LogP contribution in [0.4, 0.5) is 0 Å². The summed E-state index contributed by atoms with van der Waals surface area (Å²) in [6.07, 6.45) is 0.601. The predicted molar refractivity (Wildman–Crippen MR) is 62.2 cm³/mol. The smallest absolute Gasteiger partial charge is 0.212 e. The van der Waals surface area contributed by atoms with Crippen LogP contribution >= 0.6 is 0 Å². The molecule has 0 unspecified atom stereocenters. The summed E-state index contributed by atoms with van der Waals surface area (Å²) in [6.45, 7) is 9.10. The number of nitrogens with one attached hydrogen (secondary N) is 1.